The molecule has 1 aromatic heterocycles. The zero-order valence-corrected chi connectivity index (χ0v) is 12.4. The summed E-state index contributed by atoms with van der Waals surface area (Å²) in [5, 5.41) is 0. The fourth-order valence-electron chi connectivity index (χ4n) is 2.16. The van der Waals surface area contributed by atoms with Gasteiger partial charge in [0.25, 0.3) is 5.91 Å². The van der Waals surface area contributed by atoms with Gasteiger partial charge in [-0.15, -0.1) is 0 Å². The van der Waals surface area contributed by atoms with Gasteiger partial charge in [-0.25, -0.2) is 4.39 Å². The van der Waals surface area contributed by atoms with Gasteiger partial charge in [-0.1, -0.05) is 6.07 Å². The van der Waals surface area contributed by atoms with Crippen molar-refractivity contribution in [2.45, 2.75) is 20.4 Å². The monoisotopic (exact) mass is 287 g/mol. The molecule has 0 atom stereocenters. The fourth-order valence-corrected chi connectivity index (χ4v) is 2.16. The first kappa shape index (κ1) is 15.0. The number of nitrogen functional groups attached to an aromatic ring is 1. The van der Waals surface area contributed by atoms with Gasteiger partial charge in [-0.2, -0.15) is 0 Å². The van der Waals surface area contributed by atoms with Gasteiger partial charge in [0.15, 0.2) is 0 Å². The largest absolute Gasteiger partial charge is 0.399 e. The van der Waals surface area contributed by atoms with Crippen LogP contribution < -0.4 is 5.73 Å². The lowest BCUT2D eigenvalue weighted by molar-refractivity contribution is 0.0778. The van der Waals surface area contributed by atoms with Crippen LogP contribution in [0.2, 0.25) is 0 Å². The number of nitrogens with zero attached hydrogens (tertiary/aromatic N) is 2. The maximum Gasteiger partial charge on any atom is 0.257 e. The molecule has 5 heteroatoms. The van der Waals surface area contributed by atoms with Crippen LogP contribution >= 0.6 is 0 Å². The summed E-state index contributed by atoms with van der Waals surface area (Å²) in [4.78, 5) is 18.1. The topological polar surface area (TPSA) is 59.2 Å². The molecule has 2 aromatic rings. The van der Waals surface area contributed by atoms with Gasteiger partial charge >= 0.3 is 0 Å². The molecule has 0 aliphatic rings. The Morgan fingerprint density at radius 2 is 2.05 bits per heavy atom. The molecule has 0 aliphatic carbocycles. The van der Waals surface area contributed by atoms with Crippen LogP contribution in [0, 0.1) is 19.7 Å². The molecular weight excluding hydrogens is 269 g/mol. The Balaban J connectivity index is 2.24. The number of hydrogen-bond donors (Lipinski definition) is 1. The van der Waals surface area contributed by atoms with Crippen molar-refractivity contribution in [3.8, 4) is 0 Å². The van der Waals surface area contributed by atoms with Gasteiger partial charge < -0.3 is 10.6 Å². The molecule has 2 N–H and O–H groups in total. The molecule has 0 unspecified atom stereocenters. The number of rotatable bonds is 3. The van der Waals surface area contributed by atoms with Gasteiger partial charge in [-0.05, 0) is 43.7 Å². The second kappa shape index (κ2) is 5.91. The molecule has 21 heavy (non-hydrogen) atoms. The van der Waals surface area contributed by atoms with E-state index in [2.05, 4.69) is 4.98 Å². The number of aromatic nitrogens is 1. The van der Waals surface area contributed by atoms with E-state index >= 15 is 0 Å². The van der Waals surface area contributed by atoms with E-state index in [1.807, 2.05) is 25.1 Å². The molecule has 110 valence electrons. The second-order valence-electron chi connectivity index (χ2n) is 5.13. The minimum absolute atomic E-state index is 0.0114. The van der Waals surface area contributed by atoms with E-state index in [0.717, 1.165) is 11.4 Å². The van der Waals surface area contributed by atoms with Gasteiger partial charge in [0.05, 0.1) is 17.8 Å². The van der Waals surface area contributed by atoms with E-state index in [1.54, 1.807) is 14.0 Å². The van der Waals surface area contributed by atoms with Crippen molar-refractivity contribution < 1.29 is 9.18 Å². The zero-order chi connectivity index (χ0) is 15.6. The van der Waals surface area contributed by atoms with Gasteiger partial charge in [0.1, 0.15) is 5.82 Å². The van der Waals surface area contributed by atoms with Crippen molar-refractivity contribution in [3.05, 3.63) is 58.7 Å². The number of benzene rings is 1. The number of anilines is 1. The molecule has 0 saturated carbocycles. The number of halogens is 1. The smallest absolute Gasteiger partial charge is 0.257 e. The highest BCUT2D eigenvalue weighted by molar-refractivity contribution is 5.95. The maximum atomic E-state index is 14.1. The lowest BCUT2D eigenvalue weighted by atomic mass is 10.1. The summed E-state index contributed by atoms with van der Waals surface area (Å²) in [5.74, 6) is -0.940. The molecule has 1 amide bonds. The number of carbonyl (C=O) groups excluding carboxylic acids is 1. The average Bonchev–Trinajstić information content (AvgIpc) is 2.42. The first-order chi connectivity index (χ1) is 9.88. The third-order valence-corrected chi connectivity index (χ3v) is 3.20. The van der Waals surface area contributed by atoms with Gasteiger partial charge in [-0.3, -0.25) is 9.78 Å². The standard InChI is InChI=1S/C16H18FN3O/c1-10-7-12(18)8-14(15(10)17)16(21)20(3)9-13-6-4-5-11(2)19-13/h4-8H,9,18H2,1-3H3. The lowest BCUT2D eigenvalue weighted by Crippen LogP contribution is -2.27. The van der Waals surface area contributed by atoms with Crippen LogP contribution in [0.25, 0.3) is 0 Å². The number of amides is 1. The van der Waals surface area contributed by atoms with E-state index in [0.29, 0.717) is 17.8 Å². The Kier molecular flexibility index (Phi) is 4.21. The van der Waals surface area contributed by atoms with E-state index in [1.165, 1.54) is 17.0 Å². The Bertz CT molecular complexity index is 685. The van der Waals surface area contributed by atoms with Crippen LogP contribution in [0.5, 0.6) is 0 Å². The maximum absolute atomic E-state index is 14.1. The van der Waals surface area contributed by atoms with Gasteiger partial charge in [0, 0.05) is 18.4 Å². The molecule has 0 aliphatic heterocycles. The highest BCUT2D eigenvalue weighted by Gasteiger charge is 2.19. The Labute approximate surface area is 123 Å². The lowest BCUT2D eigenvalue weighted by Gasteiger charge is -2.18. The van der Waals surface area contributed by atoms with Crippen molar-refractivity contribution in [2.75, 3.05) is 12.8 Å². The Hall–Kier alpha value is -2.43. The van der Waals surface area contributed by atoms with Crippen molar-refractivity contribution >= 4 is 11.6 Å². The van der Waals surface area contributed by atoms with Crippen LogP contribution in [-0.4, -0.2) is 22.8 Å². The summed E-state index contributed by atoms with van der Waals surface area (Å²) in [6.07, 6.45) is 0. The molecule has 0 radical (unpaired) electrons. The second-order valence-corrected chi connectivity index (χ2v) is 5.13. The van der Waals surface area contributed by atoms with Crippen LogP contribution in [0.1, 0.15) is 27.3 Å². The number of hydrogen-bond acceptors (Lipinski definition) is 3. The van der Waals surface area contributed by atoms with Crippen LogP contribution in [0.15, 0.2) is 30.3 Å². The molecule has 0 spiro atoms. The van der Waals surface area contributed by atoms with Crippen LogP contribution in [-0.2, 0) is 6.54 Å². The summed E-state index contributed by atoms with van der Waals surface area (Å²) in [6, 6.07) is 8.46. The molecule has 1 heterocycles. The summed E-state index contributed by atoms with van der Waals surface area (Å²) >= 11 is 0. The van der Waals surface area contributed by atoms with Crippen molar-refractivity contribution in [1.82, 2.24) is 9.88 Å². The molecule has 1 aromatic carbocycles. The number of aryl methyl sites for hydroxylation is 2. The number of pyridine rings is 1. The SMILES string of the molecule is Cc1cccc(CN(C)C(=O)c2cc(N)cc(C)c2F)n1. The average molecular weight is 287 g/mol. The summed E-state index contributed by atoms with van der Waals surface area (Å²) in [5.41, 5.74) is 8.04. The highest BCUT2D eigenvalue weighted by atomic mass is 19.1. The molecule has 0 saturated heterocycles. The number of nitrogens with two attached hydrogens (primary N) is 1. The summed E-state index contributed by atoms with van der Waals surface area (Å²) in [6.45, 7) is 3.78. The molecule has 4 nitrogen and oxygen atoms in total. The third-order valence-electron chi connectivity index (χ3n) is 3.20. The van der Waals surface area contributed by atoms with E-state index in [4.69, 9.17) is 5.73 Å². The normalized spacial score (nSPS) is 10.5. The third kappa shape index (κ3) is 3.37. The van der Waals surface area contributed by atoms with Gasteiger partial charge in [0.2, 0.25) is 0 Å². The zero-order valence-electron chi connectivity index (χ0n) is 12.4. The van der Waals surface area contributed by atoms with Crippen molar-refractivity contribution in [1.29, 1.82) is 0 Å². The summed E-state index contributed by atoms with van der Waals surface area (Å²) < 4.78 is 14.1. The van der Waals surface area contributed by atoms with E-state index in [9.17, 15) is 9.18 Å². The minimum Gasteiger partial charge on any atom is -0.399 e. The Morgan fingerprint density at radius 1 is 1.33 bits per heavy atom. The predicted octanol–water partition coefficient (Wildman–Crippen LogP) is 2.69. The van der Waals surface area contributed by atoms with Crippen molar-refractivity contribution in [3.63, 3.8) is 0 Å². The first-order valence-corrected chi connectivity index (χ1v) is 6.62. The number of carbonyl (C=O) groups is 1. The molecule has 0 fully saturated rings. The summed E-state index contributed by atoms with van der Waals surface area (Å²) in [7, 11) is 1.62. The fraction of sp³-hybridized carbons (Fsp3) is 0.250. The van der Waals surface area contributed by atoms with Crippen LogP contribution in [0.3, 0.4) is 0 Å². The highest BCUT2D eigenvalue weighted by Crippen LogP contribution is 2.19. The first-order valence-electron chi connectivity index (χ1n) is 6.62. The molecule has 2 rings (SSSR count). The van der Waals surface area contributed by atoms with Crippen molar-refractivity contribution in [2.24, 2.45) is 0 Å². The molecule has 0 bridgehead atoms. The molecular formula is C16H18FN3O. The quantitative estimate of drug-likeness (QED) is 0.883. The minimum atomic E-state index is -0.529. The predicted molar refractivity (Wildman–Crippen MR) is 80.3 cm³/mol. The Morgan fingerprint density at radius 3 is 2.71 bits per heavy atom. The van der Waals surface area contributed by atoms with Crippen LogP contribution in [0.4, 0.5) is 10.1 Å². The van der Waals surface area contributed by atoms with E-state index in [-0.39, 0.29) is 5.56 Å². The van der Waals surface area contributed by atoms with E-state index < -0.39 is 11.7 Å².